The summed E-state index contributed by atoms with van der Waals surface area (Å²) >= 11 is 0. The van der Waals surface area contributed by atoms with Gasteiger partial charge in [-0.25, -0.2) is 0 Å². The van der Waals surface area contributed by atoms with Crippen molar-refractivity contribution in [2.45, 2.75) is 38.5 Å². The summed E-state index contributed by atoms with van der Waals surface area (Å²) in [4.78, 5) is 6.72. The number of aryl methyl sites for hydroxylation is 1. The maximum Gasteiger partial charge on any atom is 0.266 e. The van der Waals surface area contributed by atoms with E-state index in [9.17, 15) is 0 Å². The minimum absolute atomic E-state index is 0.763. The Morgan fingerprint density at radius 3 is 2.71 bits per heavy atom. The summed E-state index contributed by atoms with van der Waals surface area (Å²) < 4.78 is 5.27. The zero-order valence-corrected chi connectivity index (χ0v) is 10.6. The molecule has 1 aromatic rings. The van der Waals surface area contributed by atoms with E-state index in [1.165, 1.54) is 25.7 Å². The third-order valence-corrected chi connectivity index (χ3v) is 3.16. The smallest absolute Gasteiger partial charge is 0.266 e. The molecule has 1 saturated heterocycles. The van der Waals surface area contributed by atoms with Gasteiger partial charge in [-0.1, -0.05) is 12.8 Å². The van der Waals surface area contributed by atoms with Crippen molar-refractivity contribution in [2.24, 2.45) is 0 Å². The molecule has 17 heavy (non-hydrogen) atoms. The van der Waals surface area contributed by atoms with Crippen LogP contribution in [0.15, 0.2) is 4.52 Å². The van der Waals surface area contributed by atoms with Crippen molar-refractivity contribution in [2.75, 3.05) is 31.6 Å². The first-order valence-corrected chi connectivity index (χ1v) is 6.62. The normalized spacial score (nSPS) is 17.1. The van der Waals surface area contributed by atoms with E-state index >= 15 is 0 Å². The van der Waals surface area contributed by atoms with E-state index in [-0.39, 0.29) is 0 Å². The first kappa shape index (κ1) is 12.4. The highest BCUT2D eigenvalue weighted by atomic mass is 16.5. The number of hydrogen-bond donors (Lipinski definition) is 1. The summed E-state index contributed by atoms with van der Waals surface area (Å²) in [6.45, 7) is 3.12. The van der Waals surface area contributed by atoms with Gasteiger partial charge in [-0.2, -0.15) is 4.98 Å². The molecule has 0 amide bonds. The molecule has 0 atom stereocenters. The SMILES string of the molecule is CNCCCc1nc(N2CCCCCC2)no1. The third kappa shape index (κ3) is 3.70. The summed E-state index contributed by atoms with van der Waals surface area (Å²) in [6, 6.07) is 0. The molecule has 1 aliphatic rings. The van der Waals surface area contributed by atoms with Gasteiger partial charge >= 0.3 is 0 Å². The first-order valence-electron chi connectivity index (χ1n) is 6.62. The van der Waals surface area contributed by atoms with Crippen LogP contribution in [0.4, 0.5) is 5.95 Å². The highest BCUT2D eigenvalue weighted by Crippen LogP contribution is 2.16. The van der Waals surface area contributed by atoms with Crippen molar-refractivity contribution in [3.05, 3.63) is 5.89 Å². The van der Waals surface area contributed by atoms with Crippen molar-refractivity contribution in [1.82, 2.24) is 15.5 Å². The number of hydrogen-bond acceptors (Lipinski definition) is 5. The highest BCUT2D eigenvalue weighted by Gasteiger charge is 2.15. The predicted molar refractivity (Wildman–Crippen MR) is 67.2 cm³/mol. The van der Waals surface area contributed by atoms with E-state index < -0.39 is 0 Å². The average Bonchev–Trinajstić information content (AvgIpc) is 2.64. The van der Waals surface area contributed by atoms with Crippen LogP contribution in [0.25, 0.3) is 0 Å². The van der Waals surface area contributed by atoms with Gasteiger partial charge in [0.2, 0.25) is 5.89 Å². The average molecular weight is 238 g/mol. The Hall–Kier alpha value is -1.10. The van der Waals surface area contributed by atoms with E-state index in [1.807, 2.05) is 7.05 Å². The summed E-state index contributed by atoms with van der Waals surface area (Å²) in [5.74, 6) is 1.55. The van der Waals surface area contributed by atoms with Gasteiger partial charge in [0.15, 0.2) is 0 Å². The fourth-order valence-electron chi connectivity index (χ4n) is 2.16. The quantitative estimate of drug-likeness (QED) is 0.790. The number of nitrogens with one attached hydrogen (secondary N) is 1. The van der Waals surface area contributed by atoms with Crippen molar-refractivity contribution in [1.29, 1.82) is 0 Å². The fraction of sp³-hybridized carbons (Fsp3) is 0.833. The molecule has 0 radical (unpaired) electrons. The van der Waals surface area contributed by atoms with Crippen LogP contribution in [0, 0.1) is 0 Å². The second-order valence-electron chi connectivity index (χ2n) is 4.60. The number of anilines is 1. The van der Waals surface area contributed by atoms with Crippen LogP contribution in [0.5, 0.6) is 0 Å². The lowest BCUT2D eigenvalue weighted by molar-refractivity contribution is 0.374. The Morgan fingerprint density at radius 1 is 1.24 bits per heavy atom. The van der Waals surface area contributed by atoms with Crippen LogP contribution in [0.3, 0.4) is 0 Å². The van der Waals surface area contributed by atoms with E-state index in [0.29, 0.717) is 0 Å². The van der Waals surface area contributed by atoms with E-state index in [4.69, 9.17) is 4.52 Å². The molecule has 96 valence electrons. The number of rotatable bonds is 5. The molecule has 1 fully saturated rings. The zero-order valence-electron chi connectivity index (χ0n) is 10.6. The molecule has 5 heteroatoms. The molecule has 1 aliphatic heterocycles. The fourth-order valence-corrected chi connectivity index (χ4v) is 2.16. The molecule has 2 heterocycles. The van der Waals surface area contributed by atoms with Crippen molar-refractivity contribution in [3.8, 4) is 0 Å². The molecule has 1 N–H and O–H groups in total. The molecule has 0 unspecified atom stereocenters. The van der Waals surface area contributed by atoms with Gasteiger partial charge < -0.3 is 14.7 Å². The van der Waals surface area contributed by atoms with Crippen molar-refractivity contribution < 1.29 is 4.52 Å². The molecule has 0 spiro atoms. The minimum Gasteiger partial charge on any atom is -0.338 e. The van der Waals surface area contributed by atoms with Gasteiger partial charge in [-0.05, 0) is 38.0 Å². The standard InChI is InChI=1S/C12H22N4O/c1-13-8-6-7-11-14-12(15-17-11)16-9-4-2-3-5-10-16/h13H,2-10H2,1H3. The second kappa shape index (κ2) is 6.59. The summed E-state index contributed by atoms with van der Waals surface area (Å²) in [7, 11) is 1.95. The number of nitrogens with zero attached hydrogens (tertiary/aromatic N) is 3. The molecular formula is C12H22N4O. The van der Waals surface area contributed by atoms with Gasteiger partial charge in [0.1, 0.15) is 0 Å². The van der Waals surface area contributed by atoms with Gasteiger partial charge in [-0.3, -0.25) is 0 Å². The monoisotopic (exact) mass is 238 g/mol. The summed E-state index contributed by atoms with van der Waals surface area (Å²) in [5.41, 5.74) is 0. The van der Waals surface area contributed by atoms with Crippen LogP contribution < -0.4 is 10.2 Å². The van der Waals surface area contributed by atoms with Crippen LogP contribution >= 0.6 is 0 Å². The molecular weight excluding hydrogens is 216 g/mol. The zero-order chi connectivity index (χ0) is 11.9. The Balaban J connectivity index is 1.87. The van der Waals surface area contributed by atoms with E-state index in [2.05, 4.69) is 20.4 Å². The maximum atomic E-state index is 5.27. The Kier molecular flexibility index (Phi) is 4.79. The lowest BCUT2D eigenvalue weighted by Crippen LogP contribution is -2.24. The van der Waals surface area contributed by atoms with Gasteiger partial charge in [0.25, 0.3) is 5.95 Å². The van der Waals surface area contributed by atoms with Crippen LogP contribution in [-0.4, -0.2) is 36.8 Å². The van der Waals surface area contributed by atoms with E-state index in [0.717, 1.165) is 44.3 Å². The van der Waals surface area contributed by atoms with Gasteiger partial charge in [0.05, 0.1) is 0 Å². The molecule has 0 bridgehead atoms. The lowest BCUT2D eigenvalue weighted by atomic mass is 10.2. The molecule has 2 rings (SSSR count). The maximum absolute atomic E-state index is 5.27. The Morgan fingerprint density at radius 2 is 2.00 bits per heavy atom. The minimum atomic E-state index is 0.763. The Labute approximate surface area is 103 Å². The summed E-state index contributed by atoms with van der Waals surface area (Å²) in [5, 5.41) is 7.20. The predicted octanol–water partition coefficient (Wildman–Crippen LogP) is 1.60. The largest absolute Gasteiger partial charge is 0.338 e. The van der Waals surface area contributed by atoms with Crippen LogP contribution in [0.2, 0.25) is 0 Å². The molecule has 0 aromatic carbocycles. The number of aromatic nitrogens is 2. The third-order valence-electron chi connectivity index (χ3n) is 3.16. The Bertz CT molecular complexity index is 318. The second-order valence-corrected chi connectivity index (χ2v) is 4.60. The highest BCUT2D eigenvalue weighted by molar-refractivity contribution is 5.27. The van der Waals surface area contributed by atoms with Gasteiger partial charge in [0, 0.05) is 19.5 Å². The lowest BCUT2D eigenvalue weighted by Gasteiger charge is -2.16. The van der Waals surface area contributed by atoms with Gasteiger partial charge in [-0.15, -0.1) is 0 Å². The first-order chi connectivity index (χ1) is 8.40. The van der Waals surface area contributed by atoms with E-state index in [1.54, 1.807) is 0 Å². The van der Waals surface area contributed by atoms with Crippen molar-refractivity contribution >= 4 is 5.95 Å². The van der Waals surface area contributed by atoms with Crippen molar-refractivity contribution in [3.63, 3.8) is 0 Å². The molecule has 1 aromatic heterocycles. The molecule has 0 aliphatic carbocycles. The molecule has 0 saturated carbocycles. The molecule has 5 nitrogen and oxygen atoms in total. The van der Waals surface area contributed by atoms with Crippen LogP contribution in [0.1, 0.15) is 38.0 Å². The topological polar surface area (TPSA) is 54.2 Å². The van der Waals surface area contributed by atoms with Crippen LogP contribution in [-0.2, 0) is 6.42 Å². The summed E-state index contributed by atoms with van der Waals surface area (Å²) in [6.07, 6.45) is 7.03.